The van der Waals surface area contributed by atoms with E-state index in [0.717, 1.165) is 29.2 Å². The van der Waals surface area contributed by atoms with Crippen molar-refractivity contribution in [1.29, 1.82) is 0 Å². The third-order valence-electron chi connectivity index (χ3n) is 4.89. The van der Waals surface area contributed by atoms with Crippen molar-refractivity contribution in [3.05, 3.63) is 53.5 Å². The summed E-state index contributed by atoms with van der Waals surface area (Å²) in [7, 11) is 1.95. The van der Waals surface area contributed by atoms with Crippen LogP contribution in [-0.4, -0.2) is 41.9 Å². The third kappa shape index (κ3) is 2.69. The summed E-state index contributed by atoms with van der Waals surface area (Å²) in [5, 5.41) is 13.1. The van der Waals surface area contributed by atoms with Gasteiger partial charge in [-0.1, -0.05) is 18.2 Å². The van der Waals surface area contributed by atoms with Gasteiger partial charge < -0.3 is 9.47 Å². The van der Waals surface area contributed by atoms with Crippen LogP contribution in [0.25, 0.3) is 11.5 Å². The summed E-state index contributed by atoms with van der Waals surface area (Å²) in [6.45, 7) is 5.41. The Morgan fingerprint density at radius 1 is 1.19 bits per heavy atom. The maximum absolute atomic E-state index is 12.9. The van der Waals surface area contributed by atoms with Crippen molar-refractivity contribution in [2.24, 2.45) is 7.05 Å². The van der Waals surface area contributed by atoms with Gasteiger partial charge in [-0.05, 0) is 26.0 Å². The summed E-state index contributed by atoms with van der Waals surface area (Å²) >= 11 is 0. The number of hydrogen-bond donors (Lipinski definition) is 0. The second-order valence-electron chi connectivity index (χ2n) is 6.90. The van der Waals surface area contributed by atoms with Crippen molar-refractivity contribution >= 4 is 5.91 Å². The molecule has 0 saturated carbocycles. The highest BCUT2D eigenvalue weighted by Gasteiger charge is 2.29. The van der Waals surface area contributed by atoms with Gasteiger partial charge in [0.15, 0.2) is 5.82 Å². The SMILES string of the molecule is CC(C)n1cnnc1-c1nn(C)c2c1CN(C(=O)c1ccccc1)CC2. The number of fused-ring (bicyclic) bond motifs is 1. The zero-order chi connectivity index (χ0) is 18.3. The maximum atomic E-state index is 12.9. The number of benzene rings is 1. The van der Waals surface area contributed by atoms with Crippen molar-refractivity contribution in [2.75, 3.05) is 6.54 Å². The van der Waals surface area contributed by atoms with E-state index in [4.69, 9.17) is 5.10 Å². The van der Waals surface area contributed by atoms with Crippen LogP contribution in [0.3, 0.4) is 0 Å². The Morgan fingerprint density at radius 3 is 2.69 bits per heavy atom. The first-order valence-corrected chi connectivity index (χ1v) is 8.85. The molecule has 0 bridgehead atoms. The highest BCUT2D eigenvalue weighted by Crippen LogP contribution is 2.30. The Hall–Kier alpha value is -2.96. The highest BCUT2D eigenvalue weighted by molar-refractivity contribution is 5.94. The Labute approximate surface area is 152 Å². The van der Waals surface area contributed by atoms with Gasteiger partial charge in [-0.3, -0.25) is 9.48 Å². The highest BCUT2D eigenvalue weighted by atomic mass is 16.2. The number of aromatic nitrogens is 5. The summed E-state index contributed by atoms with van der Waals surface area (Å²) in [5.74, 6) is 0.808. The smallest absolute Gasteiger partial charge is 0.254 e. The first kappa shape index (κ1) is 16.5. The topological polar surface area (TPSA) is 68.8 Å². The fourth-order valence-electron chi connectivity index (χ4n) is 3.50. The zero-order valence-electron chi connectivity index (χ0n) is 15.3. The Morgan fingerprint density at radius 2 is 1.96 bits per heavy atom. The van der Waals surface area contributed by atoms with Gasteiger partial charge in [0.2, 0.25) is 0 Å². The number of carbonyl (C=O) groups is 1. The van der Waals surface area contributed by atoms with E-state index in [9.17, 15) is 4.79 Å². The average molecular weight is 350 g/mol. The number of rotatable bonds is 3. The van der Waals surface area contributed by atoms with Gasteiger partial charge in [0.1, 0.15) is 12.0 Å². The average Bonchev–Trinajstić information content (AvgIpc) is 3.26. The number of carbonyl (C=O) groups excluding carboxylic acids is 1. The van der Waals surface area contributed by atoms with Crippen molar-refractivity contribution in [1.82, 2.24) is 29.4 Å². The predicted octanol–water partition coefficient (Wildman–Crippen LogP) is 2.46. The molecule has 3 heterocycles. The van der Waals surface area contributed by atoms with Crippen LogP contribution >= 0.6 is 0 Å². The molecule has 26 heavy (non-hydrogen) atoms. The molecule has 1 aromatic carbocycles. The van der Waals surface area contributed by atoms with E-state index in [0.29, 0.717) is 18.7 Å². The van der Waals surface area contributed by atoms with E-state index in [1.54, 1.807) is 6.33 Å². The molecule has 3 aromatic rings. The molecule has 0 N–H and O–H groups in total. The molecular formula is C19H22N6O. The molecule has 1 aliphatic heterocycles. The van der Waals surface area contributed by atoms with Crippen molar-refractivity contribution in [2.45, 2.75) is 32.9 Å². The molecule has 0 fully saturated rings. The van der Waals surface area contributed by atoms with Gasteiger partial charge in [0.05, 0.1) is 6.54 Å². The number of nitrogens with zero attached hydrogens (tertiary/aromatic N) is 6. The molecule has 1 amide bonds. The molecule has 0 unspecified atom stereocenters. The van der Waals surface area contributed by atoms with Gasteiger partial charge in [0, 0.05) is 42.9 Å². The van der Waals surface area contributed by atoms with Gasteiger partial charge >= 0.3 is 0 Å². The van der Waals surface area contributed by atoms with Crippen LogP contribution in [0.15, 0.2) is 36.7 Å². The lowest BCUT2D eigenvalue weighted by atomic mass is 10.0. The molecule has 0 radical (unpaired) electrons. The van der Waals surface area contributed by atoms with E-state index in [1.807, 2.05) is 51.5 Å². The molecular weight excluding hydrogens is 328 g/mol. The van der Waals surface area contributed by atoms with Crippen molar-refractivity contribution < 1.29 is 4.79 Å². The normalized spacial score (nSPS) is 13.9. The standard InChI is InChI=1S/C19H22N6O/c1-13(2)25-12-20-21-18(25)17-15-11-24(10-9-16(15)23(3)22-17)19(26)14-7-5-4-6-8-14/h4-8,12-13H,9-11H2,1-3H3. The van der Waals surface area contributed by atoms with Gasteiger partial charge in [-0.25, -0.2) is 0 Å². The second kappa shape index (κ2) is 6.40. The lowest BCUT2D eigenvalue weighted by Gasteiger charge is -2.27. The second-order valence-corrected chi connectivity index (χ2v) is 6.90. The molecule has 134 valence electrons. The fraction of sp³-hybridized carbons (Fsp3) is 0.368. The van der Waals surface area contributed by atoms with Gasteiger partial charge in [-0.15, -0.1) is 10.2 Å². The summed E-state index contributed by atoms with van der Waals surface area (Å²) in [5.41, 5.74) is 3.76. The summed E-state index contributed by atoms with van der Waals surface area (Å²) in [6.07, 6.45) is 2.52. The summed E-state index contributed by atoms with van der Waals surface area (Å²) in [6, 6.07) is 9.66. The molecule has 0 aliphatic carbocycles. The van der Waals surface area contributed by atoms with Crippen LogP contribution in [0.4, 0.5) is 0 Å². The largest absolute Gasteiger partial charge is 0.334 e. The number of aryl methyl sites for hydroxylation is 1. The fourth-order valence-corrected chi connectivity index (χ4v) is 3.50. The van der Waals surface area contributed by atoms with Gasteiger partial charge in [-0.2, -0.15) is 5.10 Å². The van der Waals surface area contributed by atoms with Crippen LogP contribution in [0.1, 0.15) is 41.5 Å². The van der Waals surface area contributed by atoms with E-state index < -0.39 is 0 Å². The monoisotopic (exact) mass is 350 g/mol. The van der Waals surface area contributed by atoms with Crippen LogP contribution in [0, 0.1) is 0 Å². The maximum Gasteiger partial charge on any atom is 0.254 e. The molecule has 0 spiro atoms. The Kier molecular flexibility index (Phi) is 4.06. The summed E-state index contributed by atoms with van der Waals surface area (Å²) in [4.78, 5) is 14.7. The lowest BCUT2D eigenvalue weighted by Crippen LogP contribution is -2.36. The first-order chi connectivity index (χ1) is 12.6. The Bertz CT molecular complexity index is 940. The van der Waals surface area contributed by atoms with Crippen molar-refractivity contribution in [3.8, 4) is 11.5 Å². The van der Waals surface area contributed by atoms with E-state index in [2.05, 4.69) is 24.0 Å². The number of hydrogen-bond acceptors (Lipinski definition) is 4. The zero-order valence-corrected chi connectivity index (χ0v) is 15.3. The van der Waals surface area contributed by atoms with E-state index in [-0.39, 0.29) is 11.9 Å². The first-order valence-electron chi connectivity index (χ1n) is 8.85. The minimum Gasteiger partial charge on any atom is -0.334 e. The van der Waals surface area contributed by atoms with E-state index in [1.165, 1.54) is 0 Å². The molecule has 7 nitrogen and oxygen atoms in total. The van der Waals surface area contributed by atoms with Crippen LogP contribution in [0.5, 0.6) is 0 Å². The van der Waals surface area contributed by atoms with Gasteiger partial charge in [0.25, 0.3) is 5.91 Å². The molecule has 1 aliphatic rings. The molecule has 0 saturated heterocycles. The third-order valence-corrected chi connectivity index (χ3v) is 4.89. The minimum atomic E-state index is 0.0522. The quantitative estimate of drug-likeness (QED) is 0.728. The van der Waals surface area contributed by atoms with E-state index >= 15 is 0 Å². The summed E-state index contributed by atoms with van der Waals surface area (Å²) < 4.78 is 3.93. The van der Waals surface area contributed by atoms with Crippen LogP contribution in [0.2, 0.25) is 0 Å². The predicted molar refractivity (Wildman–Crippen MR) is 97.5 cm³/mol. The molecule has 0 atom stereocenters. The minimum absolute atomic E-state index is 0.0522. The van der Waals surface area contributed by atoms with Crippen molar-refractivity contribution in [3.63, 3.8) is 0 Å². The molecule has 4 rings (SSSR count). The van der Waals surface area contributed by atoms with Crippen LogP contribution < -0.4 is 0 Å². The Balaban J connectivity index is 1.71. The van der Waals surface area contributed by atoms with Crippen LogP contribution in [-0.2, 0) is 20.0 Å². The number of amides is 1. The molecule has 7 heteroatoms. The lowest BCUT2D eigenvalue weighted by molar-refractivity contribution is 0.0733. The molecule has 2 aromatic heterocycles.